The molecule has 0 atom stereocenters. The molecule has 10 heteroatoms. The highest BCUT2D eigenvalue weighted by atomic mass is 127. The summed E-state index contributed by atoms with van der Waals surface area (Å²) >= 11 is 9.90. The van der Waals surface area contributed by atoms with Crippen LogP contribution in [0.2, 0.25) is 5.02 Å². The van der Waals surface area contributed by atoms with Gasteiger partial charge in [0.2, 0.25) is 0 Å². The van der Waals surface area contributed by atoms with Crippen molar-refractivity contribution in [1.82, 2.24) is 9.80 Å². The first-order valence-corrected chi connectivity index (χ1v) is 11.4. The highest BCUT2D eigenvalue weighted by Crippen LogP contribution is 2.31. The number of ether oxygens (including phenoxy) is 1. The first-order chi connectivity index (χ1) is 13.8. The molecule has 1 heterocycles. The summed E-state index contributed by atoms with van der Waals surface area (Å²) in [5.41, 5.74) is 1.20. The minimum Gasteiger partial charge on any atom is -0.482 e. The number of nitro groups is 1. The van der Waals surface area contributed by atoms with Gasteiger partial charge < -0.3 is 9.64 Å². The van der Waals surface area contributed by atoms with Crippen LogP contribution in [0.3, 0.4) is 0 Å². The van der Waals surface area contributed by atoms with Crippen LogP contribution in [-0.2, 0) is 11.3 Å². The molecule has 0 aromatic heterocycles. The lowest BCUT2D eigenvalue weighted by Gasteiger charge is -2.34. The summed E-state index contributed by atoms with van der Waals surface area (Å²) in [5.74, 6) is 0.424. The second kappa shape index (κ2) is 10.2. The minimum atomic E-state index is -0.442. The van der Waals surface area contributed by atoms with Gasteiger partial charge in [0.1, 0.15) is 5.75 Å². The third-order valence-electron chi connectivity index (χ3n) is 4.58. The Hall–Kier alpha value is -1.18. The molecule has 0 bridgehead atoms. The van der Waals surface area contributed by atoms with Crippen LogP contribution in [0.5, 0.6) is 5.75 Å². The molecule has 0 saturated carbocycles. The molecule has 1 fully saturated rings. The lowest BCUT2D eigenvalue weighted by Crippen LogP contribution is -2.49. The van der Waals surface area contributed by atoms with Gasteiger partial charge >= 0.3 is 0 Å². The third-order valence-corrected chi connectivity index (χ3v) is 6.43. The Balaban J connectivity index is 1.50. The fraction of sp³-hybridized carbons (Fsp3) is 0.316. The van der Waals surface area contributed by atoms with E-state index in [2.05, 4.69) is 4.90 Å². The van der Waals surface area contributed by atoms with Crippen molar-refractivity contribution in [2.24, 2.45) is 0 Å². The van der Waals surface area contributed by atoms with Crippen molar-refractivity contribution in [3.63, 3.8) is 0 Å². The Morgan fingerprint density at radius 1 is 1.10 bits per heavy atom. The zero-order chi connectivity index (χ0) is 21.0. The molecule has 1 saturated heterocycles. The number of benzene rings is 2. The van der Waals surface area contributed by atoms with Gasteiger partial charge in [0, 0.05) is 49.9 Å². The van der Waals surface area contributed by atoms with Gasteiger partial charge in [-0.1, -0.05) is 23.7 Å². The lowest BCUT2D eigenvalue weighted by molar-refractivity contribution is -0.385. The fourth-order valence-electron chi connectivity index (χ4n) is 3.02. The minimum absolute atomic E-state index is 0.00860. The number of carbonyl (C=O) groups is 1. The van der Waals surface area contributed by atoms with E-state index in [0.29, 0.717) is 26.0 Å². The van der Waals surface area contributed by atoms with E-state index < -0.39 is 4.92 Å². The van der Waals surface area contributed by atoms with Crippen LogP contribution in [0.25, 0.3) is 0 Å². The molecular weight excluding hydrogens is 623 g/mol. The average Bonchev–Trinajstić information content (AvgIpc) is 2.69. The van der Waals surface area contributed by atoms with Gasteiger partial charge in [-0.15, -0.1) is 0 Å². The van der Waals surface area contributed by atoms with Crippen molar-refractivity contribution >= 4 is 68.4 Å². The standard InChI is InChI=1S/C19H18ClI2N3O4/c20-14-3-1-13(2-4-14)11-23-5-7-24(8-6-23)18(26)12-29-19-16(21)9-15(25(27)28)10-17(19)22/h1-4,9-10H,5-8,11-12H2. The maximum atomic E-state index is 12.5. The predicted molar refractivity (Wildman–Crippen MR) is 127 cm³/mol. The van der Waals surface area contributed by atoms with E-state index in [-0.39, 0.29) is 18.2 Å². The van der Waals surface area contributed by atoms with Crippen molar-refractivity contribution in [2.75, 3.05) is 32.8 Å². The van der Waals surface area contributed by atoms with Crippen LogP contribution in [-0.4, -0.2) is 53.4 Å². The van der Waals surface area contributed by atoms with Gasteiger partial charge in [0.05, 0.1) is 12.1 Å². The van der Waals surface area contributed by atoms with Gasteiger partial charge in [0.25, 0.3) is 11.6 Å². The summed E-state index contributed by atoms with van der Waals surface area (Å²) in [6.07, 6.45) is 0. The Morgan fingerprint density at radius 3 is 2.24 bits per heavy atom. The van der Waals surface area contributed by atoms with Gasteiger partial charge in [0.15, 0.2) is 6.61 Å². The summed E-state index contributed by atoms with van der Waals surface area (Å²) < 4.78 is 6.92. The van der Waals surface area contributed by atoms with Crippen molar-refractivity contribution in [2.45, 2.75) is 6.54 Å². The molecule has 7 nitrogen and oxygen atoms in total. The van der Waals surface area contributed by atoms with Crippen LogP contribution >= 0.6 is 56.8 Å². The molecule has 3 rings (SSSR count). The number of halogens is 3. The van der Waals surface area contributed by atoms with E-state index in [1.807, 2.05) is 69.4 Å². The number of amides is 1. The Bertz CT molecular complexity index is 880. The summed E-state index contributed by atoms with van der Waals surface area (Å²) in [6, 6.07) is 10.7. The van der Waals surface area contributed by atoms with E-state index in [4.69, 9.17) is 16.3 Å². The molecule has 0 N–H and O–H groups in total. The molecule has 2 aromatic carbocycles. The number of nitrogens with zero attached hydrogens (tertiary/aromatic N) is 3. The first-order valence-electron chi connectivity index (χ1n) is 8.84. The number of nitro benzene ring substituents is 1. The van der Waals surface area contributed by atoms with Gasteiger partial charge in [-0.3, -0.25) is 19.8 Å². The van der Waals surface area contributed by atoms with E-state index >= 15 is 0 Å². The number of rotatable bonds is 6. The Morgan fingerprint density at radius 2 is 1.69 bits per heavy atom. The van der Waals surface area contributed by atoms with E-state index in [1.54, 1.807) is 4.90 Å². The molecule has 154 valence electrons. The molecule has 0 radical (unpaired) electrons. The highest BCUT2D eigenvalue weighted by Gasteiger charge is 2.22. The zero-order valence-electron chi connectivity index (χ0n) is 15.3. The van der Waals surface area contributed by atoms with Crippen LogP contribution < -0.4 is 4.74 Å². The normalized spacial score (nSPS) is 14.7. The number of non-ortho nitro benzene ring substituents is 1. The molecule has 0 unspecified atom stereocenters. The predicted octanol–water partition coefficient (Wildman–Crippen LogP) is 4.18. The summed E-state index contributed by atoms with van der Waals surface area (Å²) in [6.45, 7) is 3.62. The summed E-state index contributed by atoms with van der Waals surface area (Å²) in [5, 5.41) is 11.7. The Labute approximate surface area is 200 Å². The van der Waals surface area contributed by atoms with Crippen molar-refractivity contribution in [3.8, 4) is 5.75 Å². The Kier molecular flexibility index (Phi) is 7.93. The molecule has 2 aromatic rings. The topological polar surface area (TPSA) is 75.9 Å². The zero-order valence-corrected chi connectivity index (χ0v) is 20.4. The molecule has 29 heavy (non-hydrogen) atoms. The first kappa shape index (κ1) is 22.5. The maximum Gasteiger partial charge on any atom is 0.271 e. The number of hydrogen-bond acceptors (Lipinski definition) is 5. The van der Waals surface area contributed by atoms with Crippen molar-refractivity contribution in [3.05, 3.63) is 64.2 Å². The highest BCUT2D eigenvalue weighted by molar-refractivity contribution is 14.1. The third kappa shape index (κ3) is 6.15. The van der Waals surface area contributed by atoms with Crippen LogP contribution in [0.15, 0.2) is 36.4 Å². The lowest BCUT2D eigenvalue weighted by atomic mass is 10.2. The van der Waals surface area contributed by atoms with E-state index in [1.165, 1.54) is 17.7 Å². The van der Waals surface area contributed by atoms with Crippen molar-refractivity contribution < 1.29 is 14.5 Å². The number of hydrogen-bond donors (Lipinski definition) is 0. The summed E-state index contributed by atoms with van der Waals surface area (Å²) in [7, 11) is 0. The van der Waals surface area contributed by atoms with E-state index in [0.717, 1.165) is 24.7 Å². The molecule has 0 spiro atoms. The van der Waals surface area contributed by atoms with Crippen molar-refractivity contribution in [1.29, 1.82) is 0 Å². The van der Waals surface area contributed by atoms with Crippen LogP contribution in [0.1, 0.15) is 5.56 Å². The molecule has 0 aliphatic carbocycles. The molecular formula is C19H18ClI2N3O4. The monoisotopic (exact) mass is 641 g/mol. The number of carbonyl (C=O) groups excluding carboxylic acids is 1. The second-order valence-corrected chi connectivity index (χ2v) is 9.33. The van der Waals surface area contributed by atoms with Gasteiger partial charge in [-0.25, -0.2) is 0 Å². The fourth-order valence-corrected chi connectivity index (χ4v) is 5.19. The smallest absolute Gasteiger partial charge is 0.271 e. The van der Waals surface area contributed by atoms with Crippen LogP contribution in [0, 0.1) is 17.3 Å². The maximum absolute atomic E-state index is 12.5. The molecule has 1 amide bonds. The molecule has 1 aliphatic heterocycles. The summed E-state index contributed by atoms with van der Waals surface area (Å²) in [4.78, 5) is 27.1. The second-order valence-electron chi connectivity index (χ2n) is 6.57. The quantitative estimate of drug-likeness (QED) is 0.269. The largest absolute Gasteiger partial charge is 0.482 e. The van der Waals surface area contributed by atoms with Gasteiger partial charge in [-0.05, 0) is 62.9 Å². The SMILES string of the molecule is O=C(COc1c(I)cc([N+](=O)[O-])cc1I)N1CCN(Cc2ccc(Cl)cc2)CC1. The van der Waals surface area contributed by atoms with Crippen LogP contribution in [0.4, 0.5) is 5.69 Å². The van der Waals surface area contributed by atoms with Gasteiger partial charge in [-0.2, -0.15) is 0 Å². The average molecular weight is 642 g/mol. The number of piperazine rings is 1. The molecule has 1 aliphatic rings. The van der Waals surface area contributed by atoms with E-state index in [9.17, 15) is 14.9 Å².